The van der Waals surface area contributed by atoms with Crippen molar-refractivity contribution in [1.29, 1.82) is 0 Å². The average molecular weight is 276 g/mol. The molecule has 0 spiro atoms. The van der Waals surface area contributed by atoms with Crippen LogP contribution in [0.5, 0.6) is 5.75 Å². The van der Waals surface area contributed by atoms with Crippen molar-refractivity contribution in [3.8, 4) is 5.75 Å². The monoisotopic (exact) mass is 275 g/mol. The lowest BCUT2D eigenvalue weighted by molar-refractivity contribution is 0.103. The second-order valence-corrected chi connectivity index (χ2v) is 4.76. The van der Waals surface area contributed by atoms with Crippen molar-refractivity contribution in [3.63, 3.8) is 0 Å². The number of carbonyl (C=O) groups excluding carboxylic acids is 1. The predicted octanol–water partition coefficient (Wildman–Crippen LogP) is 3.75. The molecule has 1 heterocycles. The highest BCUT2D eigenvalue weighted by atomic mass is 35.5. The molecule has 0 aliphatic carbocycles. The first kappa shape index (κ1) is 13.6. The van der Waals surface area contributed by atoms with Gasteiger partial charge in [0.05, 0.1) is 11.1 Å². The summed E-state index contributed by atoms with van der Waals surface area (Å²) in [6.45, 7) is 3.87. The lowest BCUT2D eigenvalue weighted by Crippen LogP contribution is -2.08. The molecule has 0 amide bonds. The lowest BCUT2D eigenvalue weighted by Gasteiger charge is -2.10. The number of pyridine rings is 1. The molecule has 0 fully saturated rings. The molecular formula is C15H14ClNO2. The van der Waals surface area contributed by atoms with Gasteiger partial charge in [-0.05, 0) is 38.1 Å². The fourth-order valence-electron chi connectivity index (χ4n) is 1.67. The van der Waals surface area contributed by atoms with Crippen LogP contribution in [0.3, 0.4) is 0 Å². The molecule has 98 valence electrons. The summed E-state index contributed by atoms with van der Waals surface area (Å²) >= 11 is 5.98. The van der Waals surface area contributed by atoms with E-state index < -0.39 is 0 Å². The van der Waals surface area contributed by atoms with Gasteiger partial charge in [-0.2, -0.15) is 0 Å². The Labute approximate surface area is 117 Å². The minimum absolute atomic E-state index is 0.0591. The van der Waals surface area contributed by atoms with E-state index in [9.17, 15) is 4.79 Å². The Morgan fingerprint density at radius 1 is 1.26 bits per heavy atom. The van der Waals surface area contributed by atoms with Crippen LogP contribution >= 0.6 is 11.6 Å². The van der Waals surface area contributed by atoms with E-state index in [0.717, 1.165) is 0 Å². The Morgan fingerprint density at radius 3 is 2.74 bits per heavy atom. The van der Waals surface area contributed by atoms with Crippen LogP contribution in [0.1, 0.15) is 29.9 Å². The van der Waals surface area contributed by atoms with E-state index in [2.05, 4.69) is 4.98 Å². The third-order valence-electron chi connectivity index (χ3n) is 2.44. The van der Waals surface area contributed by atoms with Gasteiger partial charge >= 0.3 is 0 Å². The second kappa shape index (κ2) is 5.85. The van der Waals surface area contributed by atoms with Gasteiger partial charge in [0.2, 0.25) is 5.78 Å². The van der Waals surface area contributed by atoms with Crippen LogP contribution in [0.2, 0.25) is 5.02 Å². The molecule has 19 heavy (non-hydrogen) atoms. The van der Waals surface area contributed by atoms with Gasteiger partial charge in [0, 0.05) is 11.8 Å². The molecule has 0 aliphatic heterocycles. The fraction of sp³-hybridized carbons (Fsp3) is 0.200. The Hall–Kier alpha value is -1.87. The maximum Gasteiger partial charge on any atom is 0.213 e. The molecule has 0 radical (unpaired) electrons. The Kier molecular flexibility index (Phi) is 4.17. The molecule has 0 saturated heterocycles. The third kappa shape index (κ3) is 3.32. The van der Waals surface area contributed by atoms with Crippen LogP contribution < -0.4 is 4.74 Å². The summed E-state index contributed by atoms with van der Waals surface area (Å²) in [7, 11) is 0. The molecule has 2 aromatic rings. The molecular weight excluding hydrogens is 262 g/mol. The zero-order chi connectivity index (χ0) is 13.8. The van der Waals surface area contributed by atoms with Crippen molar-refractivity contribution in [2.24, 2.45) is 0 Å². The molecule has 0 N–H and O–H groups in total. The fourth-order valence-corrected chi connectivity index (χ4v) is 1.88. The summed E-state index contributed by atoms with van der Waals surface area (Å²) in [6.07, 6.45) is 1.61. The Balaban J connectivity index is 2.32. The van der Waals surface area contributed by atoms with Gasteiger partial charge in [0.15, 0.2) is 0 Å². The number of carbonyl (C=O) groups is 1. The highest BCUT2D eigenvalue weighted by Crippen LogP contribution is 2.20. The van der Waals surface area contributed by atoms with Crippen LogP contribution in [-0.4, -0.2) is 16.9 Å². The van der Waals surface area contributed by atoms with E-state index in [1.54, 1.807) is 36.5 Å². The molecule has 1 aromatic heterocycles. The van der Waals surface area contributed by atoms with Crippen molar-refractivity contribution in [2.75, 3.05) is 0 Å². The van der Waals surface area contributed by atoms with Gasteiger partial charge in [-0.15, -0.1) is 0 Å². The van der Waals surface area contributed by atoms with E-state index in [-0.39, 0.29) is 17.6 Å². The number of ether oxygens (including phenoxy) is 1. The van der Waals surface area contributed by atoms with Crippen molar-refractivity contribution in [1.82, 2.24) is 4.98 Å². The first-order valence-corrected chi connectivity index (χ1v) is 6.37. The molecule has 0 saturated carbocycles. The normalized spacial score (nSPS) is 10.5. The number of halogens is 1. The summed E-state index contributed by atoms with van der Waals surface area (Å²) in [5, 5.41) is 0.350. The number of rotatable bonds is 4. The number of benzene rings is 1. The van der Waals surface area contributed by atoms with Crippen molar-refractivity contribution in [2.45, 2.75) is 20.0 Å². The van der Waals surface area contributed by atoms with E-state index >= 15 is 0 Å². The van der Waals surface area contributed by atoms with Crippen LogP contribution in [-0.2, 0) is 0 Å². The van der Waals surface area contributed by atoms with Crippen LogP contribution in [0.15, 0.2) is 42.6 Å². The lowest BCUT2D eigenvalue weighted by atomic mass is 10.1. The molecule has 3 nitrogen and oxygen atoms in total. The van der Waals surface area contributed by atoms with Crippen molar-refractivity contribution < 1.29 is 9.53 Å². The number of hydrogen-bond acceptors (Lipinski definition) is 3. The average Bonchev–Trinajstić information content (AvgIpc) is 2.38. The smallest absolute Gasteiger partial charge is 0.213 e. The molecule has 0 aliphatic rings. The molecule has 0 atom stereocenters. The van der Waals surface area contributed by atoms with E-state index in [1.165, 1.54) is 0 Å². The molecule has 1 aromatic carbocycles. The van der Waals surface area contributed by atoms with Crippen LogP contribution in [0, 0.1) is 0 Å². The van der Waals surface area contributed by atoms with E-state index in [0.29, 0.717) is 16.3 Å². The Morgan fingerprint density at radius 2 is 2.05 bits per heavy atom. The third-order valence-corrected chi connectivity index (χ3v) is 2.75. The first-order valence-electron chi connectivity index (χ1n) is 6.00. The van der Waals surface area contributed by atoms with Crippen LogP contribution in [0.25, 0.3) is 0 Å². The zero-order valence-electron chi connectivity index (χ0n) is 10.8. The highest BCUT2D eigenvalue weighted by molar-refractivity contribution is 6.34. The SMILES string of the molecule is CC(C)Oc1cccc(C(=O)c2ncccc2Cl)c1. The summed E-state index contributed by atoms with van der Waals surface area (Å²) in [4.78, 5) is 16.3. The predicted molar refractivity (Wildman–Crippen MR) is 74.9 cm³/mol. The van der Waals surface area contributed by atoms with E-state index in [4.69, 9.17) is 16.3 Å². The van der Waals surface area contributed by atoms with Gasteiger partial charge in [0.25, 0.3) is 0 Å². The topological polar surface area (TPSA) is 39.2 Å². The quantitative estimate of drug-likeness (QED) is 0.798. The molecule has 0 unspecified atom stereocenters. The molecule has 4 heteroatoms. The summed E-state index contributed by atoms with van der Waals surface area (Å²) in [6, 6.07) is 10.4. The van der Waals surface area contributed by atoms with Crippen LogP contribution in [0.4, 0.5) is 0 Å². The summed E-state index contributed by atoms with van der Waals surface area (Å²) in [5.41, 5.74) is 0.768. The van der Waals surface area contributed by atoms with Gasteiger partial charge in [-0.1, -0.05) is 23.7 Å². The maximum absolute atomic E-state index is 12.3. The first-order chi connectivity index (χ1) is 9.08. The van der Waals surface area contributed by atoms with Crippen molar-refractivity contribution in [3.05, 3.63) is 58.9 Å². The highest BCUT2D eigenvalue weighted by Gasteiger charge is 2.14. The number of hydrogen-bond donors (Lipinski definition) is 0. The van der Waals surface area contributed by atoms with Crippen molar-refractivity contribution >= 4 is 17.4 Å². The number of aromatic nitrogens is 1. The Bertz CT molecular complexity index is 596. The van der Waals surface area contributed by atoms with Gasteiger partial charge in [-0.25, -0.2) is 0 Å². The zero-order valence-corrected chi connectivity index (χ0v) is 11.5. The second-order valence-electron chi connectivity index (χ2n) is 4.36. The summed E-state index contributed by atoms with van der Waals surface area (Å²) < 4.78 is 5.57. The summed E-state index contributed by atoms with van der Waals surface area (Å²) in [5.74, 6) is 0.452. The van der Waals surface area contributed by atoms with Gasteiger partial charge < -0.3 is 4.74 Å². The standard InChI is InChI=1S/C15H14ClNO2/c1-10(2)19-12-6-3-5-11(9-12)15(18)14-13(16)7-4-8-17-14/h3-10H,1-2H3. The number of ketones is 1. The van der Waals surface area contributed by atoms with Gasteiger partial charge in [-0.3, -0.25) is 9.78 Å². The van der Waals surface area contributed by atoms with Gasteiger partial charge in [0.1, 0.15) is 11.4 Å². The minimum atomic E-state index is -0.209. The maximum atomic E-state index is 12.3. The minimum Gasteiger partial charge on any atom is -0.491 e. The molecule has 0 bridgehead atoms. The largest absolute Gasteiger partial charge is 0.491 e. The van der Waals surface area contributed by atoms with E-state index in [1.807, 2.05) is 19.9 Å². The number of nitrogens with zero attached hydrogens (tertiary/aromatic N) is 1. The molecule has 2 rings (SSSR count).